The molecule has 1 aromatic heterocycles. The summed E-state index contributed by atoms with van der Waals surface area (Å²) in [5, 5.41) is 3.90. The van der Waals surface area contributed by atoms with Crippen LogP contribution >= 0.6 is 23.7 Å². The van der Waals surface area contributed by atoms with Crippen LogP contribution in [0.3, 0.4) is 0 Å². The van der Waals surface area contributed by atoms with E-state index in [9.17, 15) is 4.39 Å². The lowest BCUT2D eigenvalue weighted by molar-refractivity contribution is 0.626. The third kappa shape index (κ3) is 4.60. The van der Waals surface area contributed by atoms with Crippen molar-refractivity contribution >= 4 is 28.9 Å². The molecule has 2 aromatic rings. The normalized spacial score (nSPS) is 10.1. The maximum Gasteiger partial charge on any atom is 0.180 e. The van der Waals surface area contributed by atoms with Crippen LogP contribution in [0.5, 0.6) is 0 Å². The highest BCUT2D eigenvalue weighted by Gasteiger charge is 1.98. The topological polar surface area (TPSA) is 50.9 Å². The molecule has 0 atom stereocenters. The summed E-state index contributed by atoms with van der Waals surface area (Å²) in [6.07, 6.45) is 2.67. The van der Waals surface area contributed by atoms with Crippen molar-refractivity contribution in [1.82, 2.24) is 10.3 Å². The van der Waals surface area contributed by atoms with Crippen molar-refractivity contribution in [2.24, 2.45) is 0 Å². The summed E-state index contributed by atoms with van der Waals surface area (Å²) < 4.78 is 12.7. The molecule has 0 saturated carbocycles. The predicted octanol–water partition coefficient (Wildman–Crippen LogP) is 2.62. The second-order valence-electron chi connectivity index (χ2n) is 3.72. The minimum atomic E-state index is -0.193. The fraction of sp³-hybridized carbons (Fsp3) is 0.250. The predicted molar refractivity (Wildman–Crippen MR) is 75.6 cm³/mol. The van der Waals surface area contributed by atoms with Crippen LogP contribution in [0.15, 0.2) is 30.5 Å². The molecule has 6 heteroatoms. The minimum Gasteiger partial charge on any atom is -0.375 e. The number of anilines is 1. The molecule has 0 bridgehead atoms. The Morgan fingerprint density at radius 1 is 1.28 bits per heavy atom. The van der Waals surface area contributed by atoms with Crippen LogP contribution in [0.25, 0.3) is 0 Å². The van der Waals surface area contributed by atoms with Gasteiger partial charge in [-0.1, -0.05) is 12.1 Å². The van der Waals surface area contributed by atoms with Gasteiger partial charge in [-0.2, -0.15) is 0 Å². The van der Waals surface area contributed by atoms with E-state index >= 15 is 0 Å². The van der Waals surface area contributed by atoms with Crippen LogP contribution in [0.2, 0.25) is 0 Å². The summed E-state index contributed by atoms with van der Waals surface area (Å²) in [7, 11) is 0. The minimum absolute atomic E-state index is 0. The van der Waals surface area contributed by atoms with Crippen LogP contribution in [-0.2, 0) is 13.0 Å². The second kappa shape index (κ2) is 7.31. The van der Waals surface area contributed by atoms with Crippen molar-refractivity contribution in [1.29, 1.82) is 0 Å². The molecule has 2 rings (SSSR count). The first-order chi connectivity index (χ1) is 8.24. The summed E-state index contributed by atoms with van der Waals surface area (Å²) >= 11 is 1.49. The van der Waals surface area contributed by atoms with Gasteiger partial charge in [0.05, 0.1) is 0 Å². The molecule has 1 heterocycles. The Labute approximate surface area is 116 Å². The average Bonchev–Trinajstić information content (AvgIpc) is 2.73. The Kier molecular flexibility index (Phi) is 6.04. The first-order valence-electron chi connectivity index (χ1n) is 5.39. The fourth-order valence-electron chi connectivity index (χ4n) is 1.50. The van der Waals surface area contributed by atoms with E-state index in [1.54, 1.807) is 6.20 Å². The third-order valence-corrected chi connectivity index (χ3v) is 3.20. The highest BCUT2D eigenvalue weighted by molar-refractivity contribution is 7.15. The van der Waals surface area contributed by atoms with E-state index in [1.807, 2.05) is 12.1 Å². The van der Waals surface area contributed by atoms with Crippen molar-refractivity contribution in [2.45, 2.75) is 13.0 Å². The molecule has 0 saturated heterocycles. The van der Waals surface area contributed by atoms with Crippen molar-refractivity contribution < 1.29 is 4.39 Å². The number of nitrogens with one attached hydrogen (secondary N) is 1. The lowest BCUT2D eigenvalue weighted by Crippen LogP contribution is -2.15. The highest BCUT2D eigenvalue weighted by Crippen LogP contribution is 2.13. The van der Waals surface area contributed by atoms with Crippen molar-refractivity contribution in [3.05, 3.63) is 46.7 Å². The monoisotopic (exact) mass is 287 g/mol. The SMILES string of the molecule is Cl.Nc1ncc(CNCCc2ccc(F)cc2)s1. The second-order valence-corrected chi connectivity index (χ2v) is 4.86. The Morgan fingerprint density at radius 2 is 2.00 bits per heavy atom. The molecule has 0 unspecified atom stereocenters. The Morgan fingerprint density at radius 3 is 2.61 bits per heavy atom. The van der Waals surface area contributed by atoms with Crippen LogP contribution in [0, 0.1) is 5.82 Å². The standard InChI is InChI=1S/C12H14FN3S.ClH/c13-10-3-1-9(2-4-10)5-6-15-7-11-8-16-12(14)17-11;/h1-4,8,15H,5-7H2,(H2,14,16);1H. The zero-order valence-electron chi connectivity index (χ0n) is 9.73. The van der Waals surface area contributed by atoms with E-state index in [-0.39, 0.29) is 18.2 Å². The van der Waals surface area contributed by atoms with Gasteiger partial charge in [-0.15, -0.1) is 23.7 Å². The molecule has 0 amide bonds. The van der Waals surface area contributed by atoms with Crippen LogP contribution < -0.4 is 11.1 Å². The zero-order chi connectivity index (χ0) is 12.1. The number of thiazole rings is 1. The van der Waals surface area contributed by atoms with Gasteiger partial charge in [-0.3, -0.25) is 0 Å². The third-order valence-electron chi connectivity index (χ3n) is 2.37. The van der Waals surface area contributed by atoms with Crippen LogP contribution in [0.1, 0.15) is 10.4 Å². The molecule has 0 aliphatic carbocycles. The Bertz CT molecular complexity index is 472. The van der Waals surface area contributed by atoms with Gasteiger partial charge in [-0.05, 0) is 30.7 Å². The summed E-state index contributed by atoms with van der Waals surface area (Å²) in [4.78, 5) is 5.10. The molecule has 3 nitrogen and oxygen atoms in total. The fourth-order valence-corrected chi connectivity index (χ4v) is 2.15. The van der Waals surface area contributed by atoms with Gasteiger partial charge in [0, 0.05) is 17.6 Å². The lowest BCUT2D eigenvalue weighted by atomic mass is 10.1. The number of rotatable bonds is 5. The van der Waals surface area contributed by atoms with Gasteiger partial charge in [0.1, 0.15) is 5.82 Å². The zero-order valence-corrected chi connectivity index (χ0v) is 11.4. The quantitative estimate of drug-likeness (QED) is 0.831. The van der Waals surface area contributed by atoms with E-state index in [2.05, 4.69) is 10.3 Å². The lowest BCUT2D eigenvalue weighted by Gasteiger charge is -2.03. The molecule has 0 fully saturated rings. The first-order valence-corrected chi connectivity index (χ1v) is 6.21. The van der Waals surface area contributed by atoms with Gasteiger partial charge < -0.3 is 11.1 Å². The largest absolute Gasteiger partial charge is 0.375 e. The molecular formula is C12H15ClFN3S. The molecule has 98 valence electrons. The number of halogens is 2. The van der Waals surface area contributed by atoms with Gasteiger partial charge >= 0.3 is 0 Å². The maximum atomic E-state index is 12.7. The molecular weight excluding hydrogens is 273 g/mol. The number of hydrogen-bond donors (Lipinski definition) is 2. The van der Waals surface area contributed by atoms with Gasteiger partial charge in [0.15, 0.2) is 5.13 Å². The molecule has 0 aliphatic rings. The molecule has 3 N–H and O–H groups in total. The number of nitrogens with two attached hydrogens (primary N) is 1. The van der Waals surface area contributed by atoms with Gasteiger partial charge in [-0.25, -0.2) is 9.37 Å². The summed E-state index contributed by atoms with van der Waals surface area (Å²) in [6.45, 7) is 1.62. The number of nitrogens with zero attached hydrogens (tertiary/aromatic N) is 1. The molecule has 1 aromatic carbocycles. The molecule has 0 spiro atoms. The summed E-state index contributed by atoms with van der Waals surface area (Å²) in [6, 6.07) is 6.59. The number of nitrogen functional groups attached to an aromatic ring is 1. The van der Waals surface area contributed by atoms with E-state index in [0.29, 0.717) is 5.13 Å². The number of aromatic nitrogens is 1. The van der Waals surface area contributed by atoms with E-state index < -0.39 is 0 Å². The van der Waals surface area contributed by atoms with E-state index in [4.69, 9.17) is 5.73 Å². The van der Waals surface area contributed by atoms with Gasteiger partial charge in [0.2, 0.25) is 0 Å². The number of hydrogen-bond acceptors (Lipinski definition) is 4. The van der Waals surface area contributed by atoms with Crippen LogP contribution in [0.4, 0.5) is 9.52 Å². The van der Waals surface area contributed by atoms with Crippen molar-refractivity contribution in [3.63, 3.8) is 0 Å². The average molecular weight is 288 g/mol. The highest BCUT2D eigenvalue weighted by atomic mass is 35.5. The Hall–Kier alpha value is -1.17. The molecule has 0 radical (unpaired) electrons. The maximum absolute atomic E-state index is 12.7. The van der Waals surface area contributed by atoms with Crippen molar-refractivity contribution in [3.8, 4) is 0 Å². The van der Waals surface area contributed by atoms with E-state index in [0.717, 1.165) is 30.0 Å². The summed E-state index contributed by atoms with van der Waals surface area (Å²) in [5.41, 5.74) is 6.66. The van der Waals surface area contributed by atoms with E-state index in [1.165, 1.54) is 23.5 Å². The first kappa shape index (κ1) is 14.9. The summed E-state index contributed by atoms with van der Waals surface area (Å²) in [5.74, 6) is -0.193. The molecule has 18 heavy (non-hydrogen) atoms. The Balaban J connectivity index is 0.00000162. The van der Waals surface area contributed by atoms with Gasteiger partial charge in [0.25, 0.3) is 0 Å². The van der Waals surface area contributed by atoms with Crippen molar-refractivity contribution in [2.75, 3.05) is 12.3 Å². The molecule has 0 aliphatic heterocycles. The van der Waals surface area contributed by atoms with Crippen LogP contribution in [-0.4, -0.2) is 11.5 Å². The number of benzene rings is 1. The smallest absolute Gasteiger partial charge is 0.180 e.